The monoisotopic (exact) mass is 158 g/mol. The lowest BCUT2D eigenvalue weighted by Gasteiger charge is -1.93. The Labute approximate surface area is 65.0 Å². The van der Waals surface area contributed by atoms with E-state index in [1.807, 2.05) is 0 Å². The number of carbonyl (C=O) groups is 1. The molecular weight excluding hydrogens is 147 g/mol. The highest BCUT2D eigenvalue weighted by Gasteiger charge is 2.06. The van der Waals surface area contributed by atoms with Crippen molar-refractivity contribution in [1.82, 2.24) is 0 Å². The van der Waals surface area contributed by atoms with Gasteiger partial charge in [-0.3, -0.25) is 4.79 Å². The number of hydrogen-bond acceptors (Lipinski definition) is 2. The number of hydrogen-bond donors (Lipinski definition) is 1. The lowest BCUT2D eigenvalue weighted by molar-refractivity contribution is -0.112. The van der Waals surface area contributed by atoms with E-state index < -0.39 is 11.6 Å². The first-order valence-corrected chi connectivity index (χ1v) is 3.19. The van der Waals surface area contributed by atoms with Gasteiger partial charge in [0.1, 0.15) is 0 Å². The largest absolute Gasteiger partial charge is 0.512 e. The summed E-state index contributed by atoms with van der Waals surface area (Å²) in [6.07, 6.45) is 0.850. The van der Waals surface area contributed by atoms with E-state index in [-0.39, 0.29) is 5.76 Å². The van der Waals surface area contributed by atoms with E-state index in [0.717, 1.165) is 6.08 Å². The Morgan fingerprint density at radius 1 is 1.36 bits per heavy atom. The zero-order valence-electron chi connectivity index (χ0n) is 6.81. The Balaban J connectivity index is 4.54. The lowest BCUT2D eigenvalue weighted by atomic mass is 10.2. The first-order chi connectivity index (χ1) is 4.95. The van der Waals surface area contributed by atoms with Crippen molar-refractivity contribution < 1.29 is 14.3 Å². The molecule has 0 saturated heterocycles. The minimum atomic E-state index is -0.807. The Kier molecular flexibility index (Phi) is 3.51. The summed E-state index contributed by atoms with van der Waals surface area (Å²) < 4.78 is 12.7. The van der Waals surface area contributed by atoms with Crippen LogP contribution in [0.2, 0.25) is 0 Å². The lowest BCUT2D eigenvalue weighted by Crippen LogP contribution is -1.96. The highest BCUT2D eigenvalue weighted by molar-refractivity contribution is 6.02. The number of aliphatic hydroxyl groups excluding tert-OH is 1. The molecule has 0 spiro atoms. The molecule has 0 radical (unpaired) electrons. The van der Waals surface area contributed by atoms with Gasteiger partial charge in [-0.15, -0.1) is 0 Å². The van der Waals surface area contributed by atoms with Crippen molar-refractivity contribution in [3.05, 3.63) is 23.2 Å². The minimum absolute atomic E-state index is 0.189. The maximum absolute atomic E-state index is 12.7. The van der Waals surface area contributed by atoms with Crippen molar-refractivity contribution in [2.24, 2.45) is 0 Å². The van der Waals surface area contributed by atoms with Gasteiger partial charge in [0.15, 0.2) is 5.83 Å². The average Bonchev–Trinajstić information content (AvgIpc) is 1.84. The van der Waals surface area contributed by atoms with Crippen LogP contribution in [0.1, 0.15) is 20.8 Å². The highest BCUT2D eigenvalue weighted by Crippen LogP contribution is 2.07. The van der Waals surface area contributed by atoms with Crippen LogP contribution in [-0.2, 0) is 4.79 Å². The van der Waals surface area contributed by atoms with Gasteiger partial charge in [0.25, 0.3) is 0 Å². The Morgan fingerprint density at radius 2 is 1.82 bits per heavy atom. The molecule has 62 valence electrons. The molecule has 1 N–H and O–H groups in total. The fourth-order valence-corrected chi connectivity index (χ4v) is 0.499. The van der Waals surface area contributed by atoms with Gasteiger partial charge >= 0.3 is 0 Å². The molecule has 0 aliphatic heterocycles. The summed E-state index contributed by atoms with van der Waals surface area (Å²) in [5.74, 6) is -1.78. The second-order valence-electron chi connectivity index (χ2n) is 2.46. The number of carbonyl (C=O) groups excluding carboxylic acids is 1. The van der Waals surface area contributed by atoms with Crippen molar-refractivity contribution in [2.75, 3.05) is 0 Å². The summed E-state index contributed by atoms with van der Waals surface area (Å²) in [5, 5.41) is 8.60. The molecule has 0 fully saturated rings. The van der Waals surface area contributed by atoms with Gasteiger partial charge in [0.05, 0.1) is 5.76 Å². The van der Waals surface area contributed by atoms with Crippen LogP contribution in [0.4, 0.5) is 4.39 Å². The summed E-state index contributed by atoms with van der Waals surface area (Å²) in [6, 6.07) is 0. The molecule has 0 aromatic carbocycles. The van der Waals surface area contributed by atoms with Crippen LogP contribution in [-0.4, -0.2) is 10.9 Å². The van der Waals surface area contributed by atoms with E-state index in [9.17, 15) is 9.18 Å². The summed E-state index contributed by atoms with van der Waals surface area (Å²) in [4.78, 5) is 10.7. The first kappa shape index (κ1) is 9.88. The van der Waals surface area contributed by atoms with Crippen LogP contribution >= 0.6 is 0 Å². The molecule has 0 unspecified atom stereocenters. The molecule has 2 nitrogen and oxygen atoms in total. The Hall–Kier alpha value is -1.12. The van der Waals surface area contributed by atoms with Crippen LogP contribution < -0.4 is 0 Å². The predicted molar refractivity (Wildman–Crippen MR) is 40.9 cm³/mol. The van der Waals surface area contributed by atoms with Gasteiger partial charge in [-0.1, -0.05) is 0 Å². The second kappa shape index (κ2) is 3.91. The third-order valence-corrected chi connectivity index (χ3v) is 0.995. The van der Waals surface area contributed by atoms with E-state index in [1.165, 1.54) is 20.8 Å². The van der Waals surface area contributed by atoms with E-state index >= 15 is 0 Å². The summed E-state index contributed by atoms with van der Waals surface area (Å²) in [7, 11) is 0. The average molecular weight is 158 g/mol. The fourth-order valence-electron chi connectivity index (χ4n) is 0.499. The van der Waals surface area contributed by atoms with Crippen LogP contribution in [0.15, 0.2) is 23.2 Å². The van der Waals surface area contributed by atoms with E-state index in [1.54, 1.807) is 0 Å². The number of halogens is 1. The molecule has 11 heavy (non-hydrogen) atoms. The maximum atomic E-state index is 12.7. The van der Waals surface area contributed by atoms with Gasteiger partial charge in [-0.25, -0.2) is 4.39 Å². The van der Waals surface area contributed by atoms with Crippen LogP contribution in [0, 0.1) is 0 Å². The molecule has 0 rings (SSSR count). The Bertz CT molecular complexity index is 218. The first-order valence-electron chi connectivity index (χ1n) is 3.19. The molecule has 0 aliphatic carbocycles. The Morgan fingerprint density at radius 3 is 2.09 bits per heavy atom. The van der Waals surface area contributed by atoms with Crippen LogP contribution in [0.3, 0.4) is 0 Å². The third-order valence-electron chi connectivity index (χ3n) is 0.995. The van der Waals surface area contributed by atoms with Crippen molar-refractivity contribution in [3.8, 4) is 0 Å². The van der Waals surface area contributed by atoms with E-state index in [4.69, 9.17) is 5.11 Å². The van der Waals surface area contributed by atoms with Crippen LogP contribution in [0.5, 0.6) is 0 Å². The molecule has 0 aliphatic rings. The summed E-state index contributed by atoms with van der Waals surface area (Å²) >= 11 is 0. The van der Waals surface area contributed by atoms with Gasteiger partial charge in [0, 0.05) is 6.08 Å². The maximum Gasteiger partial charge on any atom is 0.217 e. The summed E-state index contributed by atoms with van der Waals surface area (Å²) in [6.45, 7) is 4.30. The van der Waals surface area contributed by atoms with Gasteiger partial charge in [-0.2, -0.15) is 0 Å². The SMILES string of the molecule is CC(O)=CC(=O)C(F)=C(C)C. The molecule has 3 heteroatoms. The quantitative estimate of drug-likeness (QED) is 0.494. The molecule has 0 amide bonds. The second-order valence-corrected chi connectivity index (χ2v) is 2.46. The van der Waals surface area contributed by atoms with Crippen LogP contribution in [0.25, 0.3) is 0 Å². The molecule has 0 bridgehead atoms. The smallest absolute Gasteiger partial charge is 0.217 e. The number of rotatable bonds is 2. The molecule has 0 atom stereocenters. The van der Waals surface area contributed by atoms with Crippen molar-refractivity contribution in [3.63, 3.8) is 0 Å². The van der Waals surface area contributed by atoms with Crippen molar-refractivity contribution in [1.29, 1.82) is 0 Å². The topological polar surface area (TPSA) is 37.3 Å². The number of allylic oxidation sites excluding steroid dienone is 4. The molecule has 0 aromatic heterocycles. The zero-order chi connectivity index (χ0) is 9.02. The van der Waals surface area contributed by atoms with Gasteiger partial charge < -0.3 is 5.11 Å². The minimum Gasteiger partial charge on any atom is -0.512 e. The third kappa shape index (κ3) is 3.55. The summed E-state index contributed by atoms with van der Waals surface area (Å²) in [5.41, 5.74) is 0.313. The number of aliphatic hydroxyl groups is 1. The standard InChI is InChI=1S/C8H11FO2/c1-5(2)8(9)7(11)4-6(3)10/h4,10H,1-3H3. The molecule has 0 saturated carbocycles. The molecule has 0 aromatic rings. The zero-order valence-corrected chi connectivity index (χ0v) is 6.81. The van der Waals surface area contributed by atoms with Crippen molar-refractivity contribution >= 4 is 5.78 Å². The fraction of sp³-hybridized carbons (Fsp3) is 0.375. The van der Waals surface area contributed by atoms with Crippen molar-refractivity contribution in [2.45, 2.75) is 20.8 Å². The highest BCUT2D eigenvalue weighted by atomic mass is 19.1. The normalized spacial score (nSPS) is 11.1. The molecular formula is C8H11FO2. The number of ketones is 1. The van der Waals surface area contributed by atoms with E-state index in [0.29, 0.717) is 5.57 Å². The predicted octanol–water partition coefficient (Wildman–Crippen LogP) is 2.28. The van der Waals surface area contributed by atoms with Gasteiger partial charge in [0.2, 0.25) is 5.78 Å². The van der Waals surface area contributed by atoms with E-state index in [2.05, 4.69) is 0 Å². The van der Waals surface area contributed by atoms with Gasteiger partial charge in [-0.05, 0) is 26.3 Å². The molecule has 0 heterocycles.